The van der Waals surface area contributed by atoms with E-state index in [-0.39, 0.29) is 11.3 Å². The fourth-order valence-electron chi connectivity index (χ4n) is 5.10. The molecule has 216 valence electrons. The number of ether oxygens (including phenoxy) is 3. The maximum absolute atomic E-state index is 13.5. The van der Waals surface area contributed by atoms with Gasteiger partial charge in [0.05, 0.1) is 25.8 Å². The molecule has 1 aliphatic heterocycles. The van der Waals surface area contributed by atoms with Gasteiger partial charge < -0.3 is 29.1 Å². The molecule has 0 radical (unpaired) electrons. The molecule has 8 nitrogen and oxygen atoms in total. The molecule has 4 rings (SSSR count). The van der Waals surface area contributed by atoms with E-state index in [0.29, 0.717) is 47.9 Å². The number of hydrogen-bond acceptors (Lipinski definition) is 7. The van der Waals surface area contributed by atoms with Crippen molar-refractivity contribution < 1.29 is 28.9 Å². The number of carbonyl (C=O) groups excluding carboxylic acids is 2. The average Bonchev–Trinajstić information content (AvgIpc) is 3.27. The molecule has 0 aromatic heterocycles. The van der Waals surface area contributed by atoms with Crippen molar-refractivity contribution in [2.45, 2.75) is 32.9 Å². The average molecular weight is 559 g/mol. The highest BCUT2D eigenvalue weighted by atomic mass is 16.5. The van der Waals surface area contributed by atoms with Crippen LogP contribution in [0.25, 0.3) is 5.76 Å². The number of methoxy groups -OCH3 is 2. The van der Waals surface area contributed by atoms with Crippen molar-refractivity contribution in [1.29, 1.82) is 0 Å². The number of ketones is 1. The van der Waals surface area contributed by atoms with Gasteiger partial charge in [-0.2, -0.15) is 0 Å². The van der Waals surface area contributed by atoms with Gasteiger partial charge in [0.2, 0.25) is 0 Å². The van der Waals surface area contributed by atoms with E-state index in [1.54, 1.807) is 48.4 Å². The number of likely N-dealkylation sites (tertiary alicyclic amines) is 1. The molecule has 0 aliphatic carbocycles. The Morgan fingerprint density at radius 2 is 1.66 bits per heavy atom. The third kappa shape index (κ3) is 6.72. The molecule has 1 unspecified atom stereocenters. The summed E-state index contributed by atoms with van der Waals surface area (Å²) in [6, 6.07) is 21.2. The molecule has 1 fully saturated rings. The molecule has 3 aromatic rings. The lowest BCUT2D eigenvalue weighted by Crippen LogP contribution is -2.33. The molecule has 1 N–H and O–H groups in total. The maximum Gasteiger partial charge on any atom is 0.295 e. The number of amides is 1. The van der Waals surface area contributed by atoms with E-state index in [1.165, 1.54) is 7.11 Å². The van der Waals surface area contributed by atoms with Crippen molar-refractivity contribution >= 4 is 17.4 Å². The van der Waals surface area contributed by atoms with Crippen LogP contribution in [0.1, 0.15) is 43.0 Å². The van der Waals surface area contributed by atoms with Crippen molar-refractivity contribution in [3.63, 3.8) is 0 Å². The van der Waals surface area contributed by atoms with Gasteiger partial charge in [-0.1, -0.05) is 62.4 Å². The van der Waals surface area contributed by atoms with Gasteiger partial charge in [-0.25, -0.2) is 0 Å². The van der Waals surface area contributed by atoms with Crippen LogP contribution in [0.4, 0.5) is 0 Å². The monoisotopic (exact) mass is 558 g/mol. The zero-order valence-corrected chi connectivity index (χ0v) is 24.1. The summed E-state index contributed by atoms with van der Waals surface area (Å²) in [5.41, 5.74) is 2.08. The predicted molar refractivity (Wildman–Crippen MR) is 158 cm³/mol. The minimum absolute atomic E-state index is 0.0334. The number of carbonyl (C=O) groups is 2. The van der Waals surface area contributed by atoms with Gasteiger partial charge >= 0.3 is 0 Å². The summed E-state index contributed by atoms with van der Waals surface area (Å²) in [4.78, 5) is 30.7. The Balaban J connectivity index is 1.73. The van der Waals surface area contributed by atoms with Crippen molar-refractivity contribution in [3.05, 3.63) is 95.1 Å². The molecular weight excluding hydrogens is 520 g/mol. The molecule has 1 heterocycles. The Morgan fingerprint density at radius 1 is 0.902 bits per heavy atom. The van der Waals surface area contributed by atoms with Gasteiger partial charge in [-0.05, 0) is 61.4 Å². The molecule has 0 saturated carbocycles. The fraction of sp³-hybridized carbons (Fsp3) is 0.333. The molecule has 0 spiro atoms. The van der Waals surface area contributed by atoms with E-state index in [0.717, 1.165) is 25.2 Å². The lowest BCUT2D eigenvalue weighted by molar-refractivity contribution is -0.140. The van der Waals surface area contributed by atoms with Crippen molar-refractivity contribution in [2.24, 2.45) is 0 Å². The van der Waals surface area contributed by atoms with Crippen LogP contribution in [0.3, 0.4) is 0 Å². The third-order valence-electron chi connectivity index (χ3n) is 7.39. The molecule has 1 atom stereocenters. The van der Waals surface area contributed by atoms with E-state index in [4.69, 9.17) is 14.2 Å². The van der Waals surface area contributed by atoms with E-state index >= 15 is 0 Å². The Morgan fingerprint density at radius 3 is 2.34 bits per heavy atom. The Labute approximate surface area is 241 Å². The smallest absolute Gasteiger partial charge is 0.295 e. The van der Waals surface area contributed by atoms with Gasteiger partial charge in [0.1, 0.15) is 18.1 Å². The van der Waals surface area contributed by atoms with Gasteiger partial charge in [0, 0.05) is 12.1 Å². The van der Waals surface area contributed by atoms with E-state index in [1.807, 2.05) is 36.4 Å². The first-order valence-electron chi connectivity index (χ1n) is 13.9. The van der Waals surface area contributed by atoms with Crippen LogP contribution in [-0.2, 0) is 16.2 Å². The summed E-state index contributed by atoms with van der Waals surface area (Å²) >= 11 is 0. The fourth-order valence-corrected chi connectivity index (χ4v) is 5.10. The van der Waals surface area contributed by atoms with Crippen molar-refractivity contribution in [3.8, 4) is 17.2 Å². The Hall–Kier alpha value is -4.30. The zero-order valence-electron chi connectivity index (χ0n) is 24.1. The standard InChI is InChI=1S/C33H38N2O6/c1-5-34(6-2)18-11-19-35-30(29(32(37)33(35)38)31(36)25-14-10-15-26(20-25)39-3)24-16-17-27(28(21-24)40-4)41-22-23-12-8-7-9-13-23/h7-10,12-17,20-21,30,36H,5-6,11,18-19,22H2,1-4H3. The van der Waals surface area contributed by atoms with Crippen LogP contribution in [0.15, 0.2) is 78.4 Å². The molecule has 3 aromatic carbocycles. The lowest BCUT2D eigenvalue weighted by atomic mass is 9.95. The van der Waals surface area contributed by atoms with E-state index < -0.39 is 17.7 Å². The molecule has 1 amide bonds. The normalized spacial score (nSPS) is 16.3. The Bertz CT molecular complexity index is 1380. The molecule has 1 aliphatic rings. The summed E-state index contributed by atoms with van der Waals surface area (Å²) in [5.74, 6) is -0.0775. The zero-order chi connectivity index (χ0) is 29.4. The Kier molecular flexibility index (Phi) is 10.0. The lowest BCUT2D eigenvalue weighted by Gasteiger charge is -2.27. The quantitative estimate of drug-likeness (QED) is 0.170. The summed E-state index contributed by atoms with van der Waals surface area (Å²) < 4.78 is 17.0. The van der Waals surface area contributed by atoms with Gasteiger partial charge in [0.25, 0.3) is 11.7 Å². The van der Waals surface area contributed by atoms with Crippen LogP contribution < -0.4 is 14.2 Å². The van der Waals surface area contributed by atoms with Crippen LogP contribution in [0.5, 0.6) is 17.2 Å². The summed E-state index contributed by atoms with van der Waals surface area (Å²) in [6.07, 6.45) is 0.680. The highest BCUT2D eigenvalue weighted by molar-refractivity contribution is 6.46. The maximum atomic E-state index is 13.5. The third-order valence-corrected chi connectivity index (χ3v) is 7.39. The van der Waals surface area contributed by atoms with Gasteiger partial charge in [-0.3, -0.25) is 9.59 Å². The summed E-state index contributed by atoms with van der Waals surface area (Å²) in [5, 5.41) is 11.4. The largest absolute Gasteiger partial charge is 0.507 e. The predicted octanol–water partition coefficient (Wildman–Crippen LogP) is 5.44. The summed E-state index contributed by atoms with van der Waals surface area (Å²) in [7, 11) is 3.08. The first kappa shape index (κ1) is 29.7. The molecule has 8 heteroatoms. The van der Waals surface area contributed by atoms with Crippen molar-refractivity contribution in [1.82, 2.24) is 9.80 Å². The molecule has 41 heavy (non-hydrogen) atoms. The van der Waals surface area contributed by atoms with Crippen molar-refractivity contribution in [2.75, 3.05) is 40.4 Å². The van der Waals surface area contributed by atoms with E-state index in [2.05, 4.69) is 18.7 Å². The van der Waals surface area contributed by atoms with E-state index in [9.17, 15) is 14.7 Å². The van der Waals surface area contributed by atoms with Crippen LogP contribution in [-0.4, -0.2) is 67.0 Å². The molecular formula is C33H38N2O6. The number of aliphatic hydroxyl groups excluding tert-OH is 1. The molecule has 1 saturated heterocycles. The number of nitrogens with zero attached hydrogens (tertiary/aromatic N) is 2. The van der Waals surface area contributed by atoms with Crippen LogP contribution >= 0.6 is 0 Å². The second kappa shape index (κ2) is 13.9. The number of benzene rings is 3. The number of rotatable bonds is 13. The highest BCUT2D eigenvalue weighted by Gasteiger charge is 2.46. The minimum atomic E-state index is -0.796. The van der Waals surface area contributed by atoms with Gasteiger partial charge in [-0.15, -0.1) is 0 Å². The number of aliphatic hydroxyl groups is 1. The first-order chi connectivity index (χ1) is 19.9. The second-order valence-electron chi connectivity index (χ2n) is 9.79. The minimum Gasteiger partial charge on any atom is -0.507 e. The number of Topliss-reactive ketones (excluding diaryl/α,β-unsaturated/α-hetero) is 1. The topological polar surface area (TPSA) is 88.5 Å². The SMILES string of the molecule is CCN(CC)CCCN1C(=O)C(=O)C(=C(O)c2cccc(OC)c2)C1c1ccc(OCc2ccccc2)c(OC)c1. The van der Waals surface area contributed by atoms with Gasteiger partial charge in [0.15, 0.2) is 11.5 Å². The van der Waals surface area contributed by atoms with Crippen LogP contribution in [0, 0.1) is 0 Å². The molecule has 0 bridgehead atoms. The first-order valence-corrected chi connectivity index (χ1v) is 13.9. The summed E-state index contributed by atoms with van der Waals surface area (Å²) in [6.45, 7) is 7.49. The highest BCUT2D eigenvalue weighted by Crippen LogP contribution is 2.42. The van der Waals surface area contributed by atoms with Crippen LogP contribution in [0.2, 0.25) is 0 Å². The second-order valence-corrected chi connectivity index (χ2v) is 9.79. The number of hydrogen-bond donors (Lipinski definition) is 1.